The second-order valence-corrected chi connectivity index (χ2v) is 22.7. The maximum absolute atomic E-state index is 7.49. The molecule has 0 saturated carbocycles. The number of rotatable bonds is 63. The number of hydrogen-bond donors (Lipinski definition) is 0. The summed E-state index contributed by atoms with van der Waals surface area (Å²) in [6, 6.07) is 0. The van der Waals surface area contributed by atoms with E-state index in [0.717, 1.165) is 38.5 Å². The van der Waals surface area contributed by atoms with Gasteiger partial charge < -0.3 is 23.7 Å². The minimum absolute atomic E-state index is 0.117. The van der Waals surface area contributed by atoms with E-state index in [2.05, 4.69) is 41.5 Å². The molecule has 0 N–H and O–H groups in total. The molecule has 0 aromatic heterocycles. The quantitative estimate of drug-likeness (QED) is 0.0449. The third-order valence-corrected chi connectivity index (χ3v) is 15.8. The van der Waals surface area contributed by atoms with Gasteiger partial charge in [0.25, 0.3) is 5.79 Å². The fourth-order valence-electron chi connectivity index (χ4n) is 10.9. The Balaban J connectivity index is 6.80. The molecule has 0 aliphatic heterocycles. The molecule has 0 saturated heterocycles. The first-order valence-corrected chi connectivity index (χ1v) is 33.2. The summed E-state index contributed by atoms with van der Waals surface area (Å²) in [5.41, 5.74) is 0. The molecule has 0 radical (unpaired) electrons. The molecule has 0 aromatic rings. The summed E-state index contributed by atoms with van der Waals surface area (Å²) in [6.45, 7) is 16.4. The third kappa shape index (κ3) is 41.6. The van der Waals surface area contributed by atoms with Crippen LogP contribution in [-0.4, -0.2) is 45.3 Å². The number of ether oxygens (including phenoxy) is 5. The predicted octanol–water partition coefficient (Wildman–Crippen LogP) is 23.1. The van der Waals surface area contributed by atoms with Gasteiger partial charge in [-0.05, 0) is 38.5 Å². The molecule has 0 bridgehead atoms. The molecule has 0 aromatic carbocycles. The topological polar surface area (TPSA) is 46.2 Å². The third-order valence-electron chi connectivity index (χ3n) is 15.8. The Morgan fingerprint density at radius 1 is 0.225 bits per heavy atom. The lowest BCUT2D eigenvalue weighted by molar-refractivity contribution is -0.507. The molecular formula is C66H134O5. The Hall–Kier alpha value is -0.200. The van der Waals surface area contributed by atoms with Crippen molar-refractivity contribution in [3.8, 4) is 0 Å². The van der Waals surface area contributed by atoms with Gasteiger partial charge in [0.2, 0.25) is 0 Å². The summed E-state index contributed by atoms with van der Waals surface area (Å²) in [7, 11) is 1.91. The van der Waals surface area contributed by atoms with Crippen LogP contribution in [0, 0.1) is 5.92 Å². The van der Waals surface area contributed by atoms with E-state index in [9.17, 15) is 0 Å². The molecule has 0 fully saturated rings. The highest BCUT2D eigenvalue weighted by molar-refractivity contribution is 4.91. The molecule has 0 rings (SSSR count). The average Bonchev–Trinajstić information content (AvgIpc) is 3.38. The molecule has 0 aliphatic carbocycles. The van der Waals surface area contributed by atoms with Crippen molar-refractivity contribution < 1.29 is 23.7 Å². The van der Waals surface area contributed by atoms with E-state index >= 15 is 0 Å². The fraction of sp³-hybridized carbons (Fsp3) is 1.00. The van der Waals surface area contributed by atoms with Gasteiger partial charge in [-0.3, -0.25) is 0 Å². The lowest BCUT2D eigenvalue weighted by atomic mass is 9.84. The van der Waals surface area contributed by atoms with Crippen molar-refractivity contribution in [2.45, 2.75) is 387 Å². The molecule has 0 spiro atoms. The lowest BCUT2D eigenvalue weighted by Gasteiger charge is -2.50. The smallest absolute Gasteiger partial charge is 0.340 e. The first kappa shape index (κ1) is 70.8. The van der Waals surface area contributed by atoms with Gasteiger partial charge in [0.05, 0.1) is 26.4 Å². The largest absolute Gasteiger partial charge is 0.346 e. The van der Waals surface area contributed by atoms with Crippen LogP contribution in [0.5, 0.6) is 0 Å². The van der Waals surface area contributed by atoms with Gasteiger partial charge in [-0.2, -0.15) is 0 Å². The zero-order chi connectivity index (χ0) is 51.7. The van der Waals surface area contributed by atoms with Crippen LogP contribution < -0.4 is 0 Å². The molecule has 0 heterocycles. The van der Waals surface area contributed by atoms with E-state index in [4.69, 9.17) is 23.7 Å². The molecule has 5 nitrogen and oxygen atoms in total. The van der Waals surface area contributed by atoms with Crippen molar-refractivity contribution in [3.63, 3.8) is 0 Å². The predicted molar refractivity (Wildman–Crippen MR) is 314 cm³/mol. The van der Waals surface area contributed by atoms with Crippen LogP contribution in [0.25, 0.3) is 0 Å². The Morgan fingerprint density at radius 2 is 0.408 bits per heavy atom. The second-order valence-electron chi connectivity index (χ2n) is 22.7. The van der Waals surface area contributed by atoms with Crippen LogP contribution in [0.2, 0.25) is 0 Å². The SMILES string of the molecule is CCCCCCCCCCCCCCCC(CCCCCCCCC)C(OC)(OCCCCCCCC)C(OCCCCCCCCC)(OCCCCCCCCCC)OCCCCCCCCCCC. The summed E-state index contributed by atoms with van der Waals surface area (Å²) in [5.74, 6) is -2.43. The van der Waals surface area contributed by atoms with Crippen LogP contribution >= 0.6 is 0 Å². The Kier molecular flexibility index (Phi) is 57.3. The summed E-state index contributed by atoms with van der Waals surface area (Å²) in [5, 5.41) is 0. The highest BCUT2D eigenvalue weighted by Gasteiger charge is 2.62. The number of unbranched alkanes of at least 4 members (excludes halogenated alkanes) is 44. The molecule has 71 heavy (non-hydrogen) atoms. The molecule has 0 aliphatic rings. The lowest BCUT2D eigenvalue weighted by Crippen LogP contribution is -2.66. The van der Waals surface area contributed by atoms with Crippen LogP contribution in [0.1, 0.15) is 375 Å². The summed E-state index contributed by atoms with van der Waals surface area (Å²) >= 11 is 0. The van der Waals surface area contributed by atoms with E-state index in [-0.39, 0.29) is 5.92 Å². The molecule has 428 valence electrons. The second kappa shape index (κ2) is 57.5. The van der Waals surface area contributed by atoms with Crippen molar-refractivity contribution in [2.24, 2.45) is 5.92 Å². The maximum Gasteiger partial charge on any atom is 0.340 e. The zero-order valence-corrected chi connectivity index (χ0v) is 50.2. The summed E-state index contributed by atoms with van der Waals surface area (Å²) < 4.78 is 36.7. The van der Waals surface area contributed by atoms with Crippen LogP contribution in [0.4, 0.5) is 0 Å². The van der Waals surface area contributed by atoms with E-state index < -0.39 is 11.8 Å². The van der Waals surface area contributed by atoms with Crippen molar-refractivity contribution >= 4 is 0 Å². The van der Waals surface area contributed by atoms with Gasteiger partial charge >= 0.3 is 5.97 Å². The molecule has 5 heteroatoms. The maximum atomic E-state index is 7.49. The van der Waals surface area contributed by atoms with Crippen molar-refractivity contribution in [2.75, 3.05) is 33.5 Å². The number of methoxy groups -OCH3 is 1. The van der Waals surface area contributed by atoms with Gasteiger partial charge in [0.15, 0.2) is 0 Å². The van der Waals surface area contributed by atoms with Crippen LogP contribution in [0.3, 0.4) is 0 Å². The Morgan fingerprint density at radius 3 is 0.620 bits per heavy atom. The van der Waals surface area contributed by atoms with Gasteiger partial charge in [0.1, 0.15) is 0 Å². The van der Waals surface area contributed by atoms with Gasteiger partial charge in [-0.1, -0.05) is 337 Å². The fourth-order valence-corrected chi connectivity index (χ4v) is 10.9. The first-order valence-electron chi connectivity index (χ1n) is 33.2. The Bertz CT molecular complexity index is 976. The highest BCUT2D eigenvalue weighted by Crippen LogP contribution is 2.45. The normalized spacial score (nSPS) is 14.1. The van der Waals surface area contributed by atoms with Crippen molar-refractivity contribution in [3.05, 3.63) is 0 Å². The van der Waals surface area contributed by atoms with Crippen LogP contribution in [-0.2, 0) is 23.7 Å². The van der Waals surface area contributed by atoms with E-state index in [1.54, 1.807) is 0 Å². The van der Waals surface area contributed by atoms with Gasteiger partial charge in [-0.15, -0.1) is 0 Å². The summed E-state index contributed by atoms with van der Waals surface area (Å²) in [6.07, 6.45) is 66.8. The molecule has 3 atom stereocenters. The minimum Gasteiger partial charge on any atom is -0.346 e. The molecular weight excluding hydrogens is 873 g/mol. The Labute approximate surface area is 448 Å². The average molecular weight is 1010 g/mol. The number of hydrogen-bond acceptors (Lipinski definition) is 5. The monoisotopic (exact) mass is 1010 g/mol. The van der Waals surface area contributed by atoms with E-state index in [0.29, 0.717) is 26.4 Å². The minimum atomic E-state index is -1.41. The van der Waals surface area contributed by atoms with Gasteiger partial charge in [0, 0.05) is 13.0 Å². The van der Waals surface area contributed by atoms with Gasteiger partial charge in [-0.25, -0.2) is 0 Å². The van der Waals surface area contributed by atoms with E-state index in [1.165, 1.54) is 295 Å². The summed E-state index contributed by atoms with van der Waals surface area (Å²) in [4.78, 5) is 0. The van der Waals surface area contributed by atoms with Crippen LogP contribution in [0.15, 0.2) is 0 Å². The van der Waals surface area contributed by atoms with Crippen molar-refractivity contribution in [1.82, 2.24) is 0 Å². The van der Waals surface area contributed by atoms with Crippen molar-refractivity contribution in [1.29, 1.82) is 0 Å². The first-order chi connectivity index (χ1) is 35.1. The van der Waals surface area contributed by atoms with E-state index in [1.807, 2.05) is 7.11 Å². The standard InChI is InChI=1S/C66H134O5/c1-8-14-20-26-32-35-36-37-38-39-42-47-53-59-64(58-52-46-41-29-23-17-11-4)65(67-7,68-60-54-48-31-25-19-13-6)66(69-61-55-49-43-30-24-18-12-5,70-62-56-50-44-34-28-22-16-10-3)71-63-57-51-45-40-33-27-21-15-9-2/h64H,8-63H2,1-7H3. The zero-order valence-electron chi connectivity index (χ0n) is 50.2. The molecule has 3 unspecified atom stereocenters. The molecule has 0 amide bonds. The highest BCUT2D eigenvalue weighted by atomic mass is 16.9.